The maximum Gasteiger partial charge on any atom is 0.253 e. The van der Waals surface area contributed by atoms with Crippen LogP contribution in [0.3, 0.4) is 0 Å². The number of hydrogen-bond acceptors (Lipinski definition) is 5. The highest BCUT2D eigenvalue weighted by Crippen LogP contribution is 2.32. The van der Waals surface area contributed by atoms with Crippen molar-refractivity contribution in [3.63, 3.8) is 0 Å². The minimum absolute atomic E-state index is 0.109. The van der Waals surface area contributed by atoms with Gasteiger partial charge in [0.2, 0.25) is 5.91 Å². The van der Waals surface area contributed by atoms with E-state index < -0.39 is 22.0 Å². The van der Waals surface area contributed by atoms with Gasteiger partial charge in [0, 0.05) is 17.8 Å². The van der Waals surface area contributed by atoms with E-state index in [0.29, 0.717) is 28.4 Å². The van der Waals surface area contributed by atoms with Gasteiger partial charge in [0.15, 0.2) is 5.78 Å². The maximum absolute atomic E-state index is 13.0. The molecule has 1 aliphatic rings. The molecule has 0 radical (unpaired) electrons. The number of nitrogens with one attached hydrogen (secondary N) is 1. The van der Waals surface area contributed by atoms with Crippen molar-refractivity contribution in [1.29, 1.82) is 0 Å². The van der Waals surface area contributed by atoms with Crippen molar-refractivity contribution < 1.29 is 18.0 Å². The molecular formula is C18H19ClN2O4S2. The fourth-order valence-corrected chi connectivity index (χ4v) is 6.32. The Morgan fingerprint density at radius 1 is 1.22 bits per heavy atom. The number of carbonyl (C=O) groups is 2. The first-order chi connectivity index (χ1) is 12.8. The molecule has 1 saturated heterocycles. The normalized spacial score (nSPS) is 18.2. The number of piperidine rings is 1. The van der Waals surface area contributed by atoms with Crippen LogP contribution in [0.2, 0.25) is 4.34 Å². The summed E-state index contributed by atoms with van der Waals surface area (Å²) in [6.07, 6.45) is 1.90. The topological polar surface area (TPSA) is 83.6 Å². The number of sulfonamides is 1. The SMILES string of the molecule is CC(=O)c1cccc(NC(=O)[C@H]2CCCCN2S(=O)(=O)c2ccc(Cl)s2)c1. The highest BCUT2D eigenvalue weighted by atomic mass is 35.5. The summed E-state index contributed by atoms with van der Waals surface area (Å²) in [6.45, 7) is 1.73. The molecule has 3 rings (SSSR count). The number of rotatable bonds is 5. The van der Waals surface area contributed by atoms with E-state index in [1.807, 2.05) is 0 Å². The van der Waals surface area contributed by atoms with Crippen LogP contribution in [0.4, 0.5) is 5.69 Å². The summed E-state index contributed by atoms with van der Waals surface area (Å²) in [4.78, 5) is 24.3. The van der Waals surface area contributed by atoms with Gasteiger partial charge in [-0.25, -0.2) is 8.42 Å². The van der Waals surface area contributed by atoms with Crippen molar-refractivity contribution >= 4 is 50.3 Å². The molecule has 27 heavy (non-hydrogen) atoms. The zero-order chi connectivity index (χ0) is 19.6. The number of Topliss-reactive ketones (excluding diaryl/α,β-unsaturated/α-hetero) is 1. The molecule has 1 amide bonds. The summed E-state index contributed by atoms with van der Waals surface area (Å²) >= 11 is 6.86. The van der Waals surface area contributed by atoms with Crippen molar-refractivity contribution in [2.24, 2.45) is 0 Å². The quantitative estimate of drug-likeness (QED) is 0.737. The van der Waals surface area contributed by atoms with Crippen LogP contribution < -0.4 is 5.32 Å². The maximum atomic E-state index is 13.0. The monoisotopic (exact) mass is 426 g/mol. The zero-order valence-corrected chi connectivity index (χ0v) is 17.0. The molecule has 0 bridgehead atoms. The van der Waals surface area contributed by atoms with E-state index in [-0.39, 0.29) is 16.5 Å². The predicted molar refractivity (Wildman–Crippen MR) is 106 cm³/mol. The number of nitrogens with zero attached hydrogens (tertiary/aromatic N) is 1. The van der Waals surface area contributed by atoms with E-state index in [4.69, 9.17) is 11.6 Å². The van der Waals surface area contributed by atoms with Crippen LogP contribution in [0, 0.1) is 0 Å². The number of carbonyl (C=O) groups excluding carboxylic acids is 2. The van der Waals surface area contributed by atoms with E-state index in [9.17, 15) is 18.0 Å². The summed E-state index contributed by atoms with van der Waals surface area (Å²) in [6, 6.07) is 8.79. The van der Waals surface area contributed by atoms with E-state index in [1.54, 1.807) is 24.3 Å². The van der Waals surface area contributed by atoms with Crippen LogP contribution in [-0.4, -0.2) is 37.0 Å². The molecule has 1 aromatic heterocycles. The average molecular weight is 427 g/mol. The van der Waals surface area contributed by atoms with Gasteiger partial charge in [-0.1, -0.05) is 30.2 Å². The third kappa shape index (κ3) is 4.40. The molecule has 1 atom stereocenters. The molecule has 0 saturated carbocycles. The Labute approximate surface area is 167 Å². The second-order valence-corrected chi connectivity index (χ2v) is 10.1. The van der Waals surface area contributed by atoms with Gasteiger partial charge in [0.05, 0.1) is 4.34 Å². The number of ketones is 1. The molecular weight excluding hydrogens is 408 g/mol. The summed E-state index contributed by atoms with van der Waals surface area (Å²) < 4.78 is 27.7. The van der Waals surface area contributed by atoms with Crippen molar-refractivity contribution in [3.8, 4) is 0 Å². The van der Waals surface area contributed by atoms with E-state index >= 15 is 0 Å². The van der Waals surface area contributed by atoms with E-state index in [2.05, 4.69) is 5.32 Å². The standard InChI is InChI=1S/C18H19ClN2O4S2/c1-12(22)13-5-4-6-14(11-13)20-18(23)15-7-2-3-10-21(15)27(24,25)17-9-8-16(19)26-17/h4-6,8-9,11,15H,2-3,7,10H2,1H3,(H,20,23)/t15-/m1/s1. The Balaban J connectivity index is 1.84. The molecule has 1 aromatic carbocycles. The number of amides is 1. The van der Waals surface area contributed by atoms with Gasteiger partial charge in [-0.2, -0.15) is 4.31 Å². The third-order valence-corrected chi connectivity index (χ3v) is 8.01. The van der Waals surface area contributed by atoms with Crippen LogP contribution in [0.1, 0.15) is 36.5 Å². The second kappa shape index (κ2) is 8.10. The molecule has 144 valence electrons. The first kappa shape index (κ1) is 20.0. The molecule has 6 nitrogen and oxygen atoms in total. The van der Waals surface area contributed by atoms with Gasteiger partial charge >= 0.3 is 0 Å². The summed E-state index contributed by atoms with van der Waals surface area (Å²) in [5.74, 6) is -0.510. The van der Waals surface area contributed by atoms with Gasteiger partial charge < -0.3 is 5.32 Å². The van der Waals surface area contributed by atoms with Crippen LogP contribution in [0.5, 0.6) is 0 Å². The molecule has 1 aliphatic heterocycles. The minimum atomic E-state index is -3.80. The molecule has 2 heterocycles. The second-order valence-electron chi connectivity index (χ2n) is 6.31. The first-order valence-electron chi connectivity index (χ1n) is 8.48. The Morgan fingerprint density at radius 2 is 2.00 bits per heavy atom. The van der Waals surface area contributed by atoms with Crippen molar-refractivity contribution in [1.82, 2.24) is 4.31 Å². The lowest BCUT2D eigenvalue weighted by Crippen LogP contribution is -2.49. The van der Waals surface area contributed by atoms with Crippen LogP contribution in [0.15, 0.2) is 40.6 Å². The minimum Gasteiger partial charge on any atom is -0.325 e. The summed E-state index contributed by atoms with van der Waals surface area (Å²) in [7, 11) is -3.80. The molecule has 0 unspecified atom stereocenters. The summed E-state index contributed by atoms with van der Waals surface area (Å²) in [5, 5.41) is 2.75. The third-order valence-electron chi connectivity index (χ3n) is 4.40. The van der Waals surface area contributed by atoms with Gasteiger partial charge in [-0.05, 0) is 44.0 Å². The van der Waals surface area contributed by atoms with E-state index in [0.717, 1.165) is 17.8 Å². The Kier molecular flexibility index (Phi) is 6.00. The fourth-order valence-electron chi connectivity index (χ4n) is 3.05. The molecule has 0 spiro atoms. The van der Waals surface area contributed by atoms with Gasteiger partial charge in [0.1, 0.15) is 10.3 Å². The number of hydrogen-bond donors (Lipinski definition) is 1. The van der Waals surface area contributed by atoms with Crippen molar-refractivity contribution in [2.45, 2.75) is 36.4 Å². The number of benzene rings is 1. The average Bonchev–Trinajstić information content (AvgIpc) is 3.09. The molecule has 1 N–H and O–H groups in total. The number of anilines is 1. The lowest BCUT2D eigenvalue weighted by Gasteiger charge is -2.33. The van der Waals surface area contributed by atoms with Crippen LogP contribution in [-0.2, 0) is 14.8 Å². The fraction of sp³-hybridized carbons (Fsp3) is 0.333. The highest BCUT2D eigenvalue weighted by Gasteiger charge is 2.38. The van der Waals surface area contributed by atoms with Crippen LogP contribution in [0.25, 0.3) is 0 Å². The smallest absolute Gasteiger partial charge is 0.253 e. The van der Waals surface area contributed by atoms with E-state index in [1.165, 1.54) is 23.4 Å². The van der Waals surface area contributed by atoms with Crippen molar-refractivity contribution in [3.05, 3.63) is 46.3 Å². The highest BCUT2D eigenvalue weighted by molar-refractivity contribution is 7.91. The predicted octanol–water partition coefficient (Wildman–Crippen LogP) is 3.79. The number of thiophene rings is 1. The lowest BCUT2D eigenvalue weighted by atomic mass is 10.0. The molecule has 2 aromatic rings. The van der Waals surface area contributed by atoms with Gasteiger partial charge in [-0.3, -0.25) is 9.59 Å². The molecule has 0 aliphatic carbocycles. The summed E-state index contributed by atoms with van der Waals surface area (Å²) in [5.41, 5.74) is 0.948. The van der Waals surface area contributed by atoms with Gasteiger partial charge in [-0.15, -0.1) is 11.3 Å². The Morgan fingerprint density at radius 3 is 2.67 bits per heavy atom. The zero-order valence-electron chi connectivity index (χ0n) is 14.6. The first-order valence-corrected chi connectivity index (χ1v) is 11.1. The number of halogens is 1. The Bertz CT molecular complexity index is 971. The van der Waals surface area contributed by atoms with Crippen LogP contribution >= 0.6 is 22.9 Å². The Hall–Kier alpha value is -1.74. The largest absolute Gasteiger partial charge is 0.325 e. The molecule has 9 heteroatoms. The van der Waals surface area contributed by atoms with Crippen molar-refractivity contribution in [2.75, 3.05) is 11.9 Å². The molecule has 1 fully saturated rings. The van der Waals surface area contributed by atoms with Gasteiger partial charge in [0.25, 0.3) is 10.0 Å². The lowest BCUT2D eigenvalue weighted by molar-refractivity contribution is -0.120.